The summed E-state index contributed by atoms with van der Waals surface area (Å²) in [6.45, 7) is 0.399. The Morgan fingerprint density at radius 3 is 2.49 bits per heavy atom. The minimum Gasteiger partial charge on any atom is -0.394 e. The van der Waals surface area contributed by atoms with Gasteiger partial charge in [-0.05, 0) is 43.2 Å². The van der Waals surface area contributed by atoms with Crippen molar-refractivity contribution < 1.29 is 19.2 Å². The number of aromatic nitrogens is 4. The number of likely N-dealkylation sites (tertiary alicyclic amines) is 1. The number of benzene rings is 2. The van der Waals surface area contributed by atoms with Gasteiger partial charge in [0.25, 0.3) is 5.91 Å². The number of carbonyl (C=O) groups excluding carboxylic acids is 2. The number of nitrogens with zero attached hydrogens (tertiary/aromatic N) is 5. The maximum atomic E-state index is 13.0. The van der Waals surface area contributed by atoms with E-state index < -0.39 is 18.6 Å². The number of fused-ring (bicyclic) bond motifs is 1. The van der Waals surface area contributed by atoms with E-state index in [9.17, 15) is 19.5 Å². The number of imidazole rings is 1. The number of nitrogens with one attached hydrogen (secondary N) is 1. The van der Waals surface area contributed by atoms with Crippen LogP contribution >= 0.6 is 0 Å². The van der Waals surface area contributed by atoms with Gasteiger partial charge in [0.2, 0.25) is 17.6 Å². The third-order valence-corrected chi connectivity index (χ3v) is 6.95. The third kappa shape index (κ3) is 4.65. The van der Waals surface area contributed by atoms with Crippen LogP contribution in [0.5, 0.6) is 0 Å². The molecule has 4 aromatic rings. The lowest BCUT2D eigenvalue weighted by atomic mass is 9.96. The number of aliphatic hydroxyl groups excluding tert-OH is 1. The SMILES string of the molecule is Cn1c(=O)n(C)c2cc(-c3noc(C4CCN(C(=O)[C@@H](CO)NC(=O)c5ccccc5)CC4)n3)ccc21. The van der Waals surface area contributed by atoms with Crippen LogP contribution in [0.4, 0.5) is 0 Å². The summed E-state index contributed by atoms with van der Waals surface area (Å²) in [6, 6.07) is 13.1. The van der Waals surface area contributed by atoms with E-state index in [0.29, 0.717) is 43.2 Å². The molecule has 0 spiro atoms. The Balaban J connectivity index is 1.23. The van der Waals surface area contributed by atoms with E-state index >= 15 is 0 Å². The molecule has 2 amide bonds. The molecule has 2 N–H and O–H groups in total. The minimum absolute atomic E-state index is 0.0124. The van der Waals surface area contributed by atoms with Crippen LogP contribution in [0.2, 0.25) is 0 Å². The summed E-state index contributed by atoms with van der Waals surface area (Å²) < 4.78 is 8.73. The van der Waals surface area contributed by atoms with Crippen LogP contribution in [0.25, 0.3) is 22.4 Å². The van der Waals surface area contributed by atoms with Crippen LogP contribution in [0.3, 0.4) is 0 Å². The molecule has 0 bridgehead atoms. The predicted octanol–water partition coefficient (Wildman–Crippen LogP) is 1.42. The Kier molecular flexibility index (Phi) is 6.62. The fraction of sp³-hybridized carbons (Fsp3) is 0.346. The van der Waals surface area contributed by atoms with E-state index in [1.54, 1.807) is 58.5 Å². The fourth-order valence-electron chi connectivity index (χ4n) is 4.75. The van der Waals surface area contributed by atoms with E-state index in [4.69, 9.17) is 4.52 Å². The molecule has 2 aromatic carbocycles. The minimum atomic E-state index is -1.01. The normalized spacial score (nSPS) is 15.2. The Labute approximate surface area is 212 Å². The summed E-state index contributed by atoms with van der Waals surface area (Å²) in [5.74, 6) is 0.200. The van der Waals surface area contributed by atoms with Crippen LogP contribution in [0.1, 0.15) is 35.0 Å². The predicted molar refractivity (Wildman–Crippen MR) is 135 cm³/mol. The first kappa shape index (κ1) is 24.4. The van der Waals surface area contributed by atoms with Gasteiger partial charge in [0.1, 0.15) is 6.04 Å². The van der Waals surface area contributed by atoms with Crippen molar-refractivity contribution in [1.82, 2.24) is 29.5 Å². The van der Waals surface area contributed by atoms with Crippen molar-refractivity contribution >= 4 is 22.8 Å². The summed E-state index contributed by atoms with van der Waals surface area (Å²) in [5, 5.41) is 16.5. The van der Waals surface area contributed by atoms with Crippen LogP contribution < -0.4 is 11.0 Å². The number of aliphatic hydroxyl groups is 1. The molecule has 1 atom stereocenters. The lowest BCUT2D eigenvalue weighted by molar-refractivity contribution is -0.135. The monoisotopic (exact) mass is 504 g/mol. The second-order valence-corrected chi connectivity index (χ2v) is 9.23. The lowest BCUT2D eigenvalue weighted by Crippen LogP contribution is -2.52. The van der Waals surface area contributed by atoms with Crippen LogP contribution in [0.15, 0.2) is 57.8 Å². The fourth-order valence-corrected chi connectivity index (χ4v) is 4.75. The van der Waals surface area contributed by atoms with Gasteiger partial charge in [-0.15, -0.1) is 0 Å². The van der Waals surface area contributed by atoms with Gasteiger partial charge in [-0.1, -0.05) is 23.4 Å². The van der Waals surface area contributed by atoms with Crippen LogP contribution in [-0.2, 0) is 18.9 Å². The highest BCUT2D eigenvalue weighted by atomic mass is 16.5. The summed E-state index contributed by atoms with van der Waals surface area (Å²) in [6.07, 6.45) is 1.23. The molecule has 11 heteroatoms. The molecule has 192 valence electrons. The molecule has 0 aliphatic carbocycles. The number of amides is 2. The van der Waals surface area contributed by atoms with E-state index in [0.717, 1.165) is 16.6 Å². The summed E-state index contributed by atoms with van der Waals surface area (Å²) >= 11 is 0. The second kappa shape index (κ2) is 10.0. The molecular weight excluding hydrogens is 476 g/mol. The first-order valence-corrected chi connectivity index (χ1v) is 12.1. The Hall–Kier alpha value is -4.25. The summed E-state index contributed by atoms with van der Waals surface area (Å²) in [4.78, 5) is 43.8. The molecule has 37 heavy (non-hydrogen) atoms. The summed E-state index contributed by atoms with van der Waals surface area (Å²) in [5.41, 5.74) is 2.66. The maximum absolute atomic E-state index is 13.0. The molecule has 0 radical (unpaired) electrons. The van der Waals surface area contributed by atoms with Crippen molar-refractivity contribution in [3.05, 3.63) is 70.5 Å². The van der Waals surface area contributed by atoms with Crippen molar-refractivity contribution in [1.29, 1.82) is 0 Å². The van der Waals surface area contributed by atoms with Crippen LogP contribution in [0, 0.1) is 0 Å². The van der Waals surface area contributed by atoms with Crippen molar-refractivity contribution in [3.63, 3.8) is 0 Å². The highest BCUT2D eigenvalue weighted by molar-refractivity contribution is 5.97. The van der Waals surface area contributed by atoms with E-state index in [-0.39, 0.29) is 17.5 Å². The van der Waals surface area contributed by atoms with E-state index in [1.165, 1.54) is 0 Å². The number of piperidine rings is 1. The van der Waals surface area contributed by atoms with Crippen molar-refractivity contribution in [2.75, 3.05) is 19.7 Å². The summed E-state index contributed by atoms with van der Waals surface area (Å²) in [7, 11) is 3.45. The van der Waals surface area contributed by atoms with Gasteiger partial charge in [0, 0.05) is 44.2 Å². The maximum Gasteiger partial charge on any atom is 0.328 e. The topological polar surface area (TPSA) is 135 Å². The molecule has 11 nitrogen and oxygen atoms in total. The Morgan fingerprint density at radius 1 is 1.08 bits per heavy atom. The number of aryl methyl sites for hydroxylation is 2. The molecule has 1 saturated heterocycles. The smallest absolute Gasteiger partial charge is 0.328 e. The average Bonchev–Trinajstić information content (AvgIpc) is 3.52. The number of hydrogen-bond acceptors (Lipinski definition) is 7. The van der Waals surface area contributed by atoms with Crippen molar-refractivity contribution in [2.24, 2.45) is 14.1 Å². The van der Waals surface area contributed by atoms with Gasteiger partial charge in [-0.2, -0.15) is 4.98 Å². The molecule has 3 heterocycles. The molecule has 1 aliphatic heterocycles. The zero-order valence-electron chi connectivity index (χ0n) is 20.6. The van der Waals surface area contributed by atoms with Crippen molar-refractivity contribution in [2.45, 2.75) is 24.8 Å². The van der Waals surface area contributed by atoms with E-state index in [2.05, 4.69) is 15.5 Å². The van der Waals surface area contributed by atoms with Gasteiger partial charge in [0.05, 0.1) is 17.6 Å². The second-order valence-electron chi connectivity index (χ2n) is 9.23. The molecule has 5 rings (SSSR count). The van der Waals surface area contributed by atoms with Gasteiger partial charge < -0.3 is 19.8 Å². The molecule has 2 aromatic heterocycles. The number of rotatable bonds is 6. The van der Waals surface area contributed by atoms with Crippen molar-refractivity contribution in [3.8, 4) is 11.4 Å². The Morgan fingerprint density at radius 2 is 1.78 bits per heavy atom. The first-order chi connectivity index (χ1) is 17.9. The molecular formula is C26H28N6O5. The van der Waals surface area contributed by atoms with Gasteiger partial charge in [0.15, 0.2) is 0 Å². The van der Waals surface area contributed by atoms with E-state index in [1.807, 2.05) is 18.2 Å². The van der Waals surface area contributed by atoms with Gasteiger partial charge in [-0.25, -0.2) is 4.79 Å². The van der Waals surface area contributed by atoms with Crippen LogP contribution in [-0.4, -0.2) is 66.8 Å². The quantitative estimate of drug-likeness (QED) is 0.405. The molecule has 0 saturated carbocycles. The zero-order valence-corrected chi connectivity index (χ0v) is 20.6. The highest BCUT2D eigenvalue weighted by Gasteiger charge is 2.31. The number of hydrogen-bond donors (Lipinski definition) is 2. The third-order valence-electron chi connectivity index (χ3n) is 6.95. The molecule has 1 fully saturated rings. The first-order valence-electron chi connectivity index (χ1n) is 12.1. The zero-order chi connectivity index (χ0) is 26.1. The average molecular weight is 505 g/mol. The largest absolute Gasteiger partial charge is 0.394 e. The number of carbonyl (C=O) groups is 2. The van der Waals surface area contributed by atoms with Gasteiger partial charge in [-0.3, -0.25) is 18.7 Å². The molecule has 1 aliphatic rings. The van der Waals surface area contributed by atoms with Gasteiger partial charge >= 0.3 is 5.69 Å². The highest BCUT2D eigenvalue weighted by Crippen LogP contribution is 2.29. The lowest BCUT2D eigenvalue weighted by Gasteiger charge is -2.32. The standard InChI is InChI=1S/C26H28N6O5/c1-30-20-9-8-18(14-21(20)31(2)26(30)36)22-28-24(37-29-22)17-10-12-32(13-11-17)25(35)19(15-33)27-23(34)16-6-4-3-5-7-16/h3-9,14,17,19,33H,10-13,15H2,1-2H3,(H,27,34)/t19-/m1/s1. The molecule has 0 unspecified atom stereocenters. The Bertz CT molecular complexity index is 1500.